The molecule has 0 bridgehead atoms. The molecule has 0 aliphatic rings. The smallest absolute Gasteiger partial charge is 0.207 e. The lowest BCUT2D eigenvalue weighted by Crippen LogP contribution is -2.37. The average molecular weight is 306 g/mol. The molecule has 4 nitrogen and oxygen atoms in total. The van der Waals surface area contributed by atoms with Gasteiger partial charge in [0.15, 0.2) is 0 Å². The van der Waals surface area contributed by atoms with Crippen molar-refractivity contribution in [1.29, 1.82) is 5.26 Å². The molecule has 1 aromatic rings. The number of rotatable bonds is 4. The van der Waals surface area contributed by atoms with E-state index in [2.05, 4.69) is 0 Å². The van der Waals surface area contributed by atoms with Crippen molar-refractivity contribution in [2.45, 2.75) is 31.0 Å². The monoisotopic (exact) mass is 306 g/mol. The Balaban J connectivity index is 3.32. The first-order chi connectivity index (χ1) is 9.10. The zero-order valence-corrected chi connectivity index (χ0v) is 11.7. The van der Waals surface area contributed by atoms with Gasteiger partial charge in [-0.1, -0.05) is 6.07 Å². The summed E-state index contributed by atoms with van der Waals surface area (Å²) in [7, 11) is -4.13. The maximum absolute atomic E-state index is 12.6. The standard InChI is InChI=1S/C12H13F3N2O2S/c1-9(2)17(7-6-16)20(18,19)11-5-3-4-10(8-11)12(13,14)15/h3-5,8-9H,7H2,1-2H3. The maximum atomic E-state index is 12.6. The Kier molecular flexibility index (Phi) is 4.78. The Hall–Kier alpha value is -1.59. The SMILES string of the molecule is CC(C)N(CC#N)S(=O)(=O)c1cccc(C(F)(F)F)c1. The molecule has 0 aliphatic carbocycles. The lowest BCUT2D eigenvalue weighted by Gasteiger charge is -2.23. The molecule has 0 spiro atoms. The summed E-state index contributed by atoms with van der Waals surface area (Å²) >= 11 is 0. The lowest BCUT2D eigenvalue weighted by atomic mass is 10.2. The summed E-state index contributed by atoms with van der Waals surface area (Å²) in [5, 5.41) is 8.64. The zero-order valence-electron chi connectivity index (χ0n) is 10.8. The first kappa shape index (κ1) is 16.5. The summed E-state index contributed by atoms with van der Waals surface area (Å²) in [6.07, 6.45) is -4.62. The highest BCUT2D eigenvalue weighted by molar-refractivity contribution is 7.89. The molecule has 0 fully saturated rings. The Labute approximate surface area is 115 Å². The van der Waals surface area contributed by atoms with E-state index in [1.165, 1.54) is 0 Å². The highest BCUT2D eigenvalue weighted by atomic mass is 32.2. The molecule has 1 aromatic carbocycles. The van der Waals surface area contributed by atoms with E-state index in [1.807, 2.05) is 0 Å². The normalized spacial score (nSPS) is 12.7. The van der Waals surface area contributed by atoms with Gasteiger partial charge in [-0.25, -0.2) is 8.42 Å². The van der Waals surface area contributed by atoms with Crippen molar-refractivity contribution in [2.75, 3.05) is 6.54 Å². The third kappa shape index (κ3) is 3.49. The van der Waals surface area contributed by atoms with Gasteiger partial charge in [0.2, 0.25) is 10.0 Å². The van der Waals surface area contributed by atoms with Crippen molar-refractivity contribution in [2.24, 2.45) is 0 Å². The molecule has 0 radical (unpaired) electrons. The second-order valence-corrected chi connectivity index (χ2v) is 6.22. The first-order valence-electron chi connectivity index (χ1n) is 5.66. The molecule has 8 heteroatoms. The first-order valence-corrected chi connectivity index (χ1v) is 7.10. The lowest BCUT2D eigenvalue weighted by molar-refractivity contribution is -0.137. The maximum Gasteiger partial charge on any atom is 0.416 e. The van der Waals surface area contributed by atoms with Crippen molar-refractivity contribution in [3.05, 3.63) is 29.8 Å². The van der Waals surface area contributed by atoms with E-state index in [-0.39, 0.29) is 0 Å². The molecule has 0 saturated carbocycles. The summed E-state index contributed by atoms with van der Waals surface area (Å²) in [5.74, 6) is 0. The number of alkyl halides is 3. The Morgan fingerprint density at radius 3 is 2.40 bits per heavy atom. The fraction of sp³-hybridized carbons (Fsp3) is 0.417. The molecule has 0 atom stereocenters. The van der Waals surface area contributed by atoms with Gasteiger partial charge in [0.05, 0.1) is 16.5 Å². The van der Waals surface area contributed by atoms with Crippen LogP contribution < -0.4 is 0 Å². The van der Waals surface area contributed by atoms with Crippen molar-refractivity contribution < 1.29 is 21.6 Å². The number of halogens is 3. The quantitative estimate of drug-likeness (QED) is 0.803. The second-order valence-electron chi connectivity index (χ2n) is 4.33. The second kappa shape index (κ2) is 5.81. The summed E-state index contributed by atoms with van der Waals surface area (Å²) in [4.78, 5) is -0.476. The van der Waals surface area contributed by atoms with Crippen molar-refractivity contribution in [3.63, 3.8) is 0 Å². The van der Waals surface area contributed by atoms with Crippen LogP contribution in [-0.4, -0.2) is 25.3 Å². The molecule has 20 heavy (non-hydrogen) atoms. The van der Waals surface area contributed by atoms with Gasteiger partial charge in [-0.3, -0.25) is 0 Å². The number of sulfonamides is 1. The van der Waals surface area contributed by atoms with Gasteiger partial charge >= 0.3 is 6.18 Å². The van der Waals surface area contributed by atoms with E-state index in [9.17, 15) is 21.6 Å². The van der Waals surface area contributed by atoms with Crippen LogP contribution in [0.2, 0.25) is 0 Å². The van der Waals surface area contributed by atoms with Gasteiger partial charge in [0.25, 0.3) is 0 Å². The van der Waals surface area contributed by atoms with Crippen LogP contribution in [0.4, 0.5) is 13.2 Å². The van der Waals surface area contributed by atoms with E-state index in [4.69, 9.17) is 5.26 Å². The fourth-order valence-electron chi connectivity index (χ4n) is 1.58. The van der Waals surface area contributed by atoms with E-state index < -0.39 is 39.2 Å². The Bertz CT molecular complexity index is 618. The fourth-order valence-corrected chi connectivity index (χ4v) is 3.16. The van der Waals surface area contributed by atoms with Crippen molar-refractivity contribution in [3.8, 4) is 6.07 Å². The predicted octanol–water partition coefficient (Wildman–Crippen LogP) is 2.63. The topological polar surface area (TPSA) is 61.2 Å². The summed E-state index contributed by atoms with van der Waals surface area (Å²) in [6, 6.07) is 4.64. The molecule has 0 amide bonds. The molecular weight excluding hydrogens is 293 g/mol. The Morgan fingerprint density at radius 2 is 1.95 bits per heavy atom. The van der Waals surface area contributed by atoms with E-state index in [0.29, 0.717) is 6.07 Å². The third-order valence-corrected chi connectivity index (χ3v) is 4.59. The number of hydrogen-bond donors (Lipinski definition) is 0. The minimum absolute atomic E-state index is 0.420. The van der Waals surface area contributed by atoms with E-state index >= 15 is 0 Å². The van der Waals surface area contributed by atoms with Crippen LogP contribution in [0.1, 0.15) is 19.4 Å². The number of nitriles is 1. The van der Waals surface area contributed by atoms with E-state index in [0.717, 1.165) is 22.5 Å². The average Bonchev–Trinajstić information content (AvgIpc) is 2.34. The van der Waals surface area contributed by atoms with Crippen molar-refractivity contribution >= 4 is 10.0 Å². The molecule has 0 heterocycles. The zero-order chi connectivity index (χ0) is 15.6. The highest BCUT2D eigenvalue weighted by Crippen LogP contribution is 2.31. The van der Waals surface area contributed by atoms with Crippen LogP contribution in [0.5, 0.6) is 0 Å². The molecule has 110 valence electrons. The van der Waals surface area contributed by atoms with Crippen LogP contribution in [0.25, 0.3) is 0 Å². The number of hydrogen-bond acceptors (Lipinski definition) is 3. The molecule has 0 unspecified atom stereocenters. The molecular formula is C12H13F3N2O2S. The van der Waals surface area contributed by atoms with Gasteiger partial charge in [-0.15, -0.1) is 0 Å². The van der Waals surface area contributed by atoms with E-state index in [1.54, 1.807) is 19.9 Å². The number of nitrogens with zero attached hydrogens (tertiary/aromatic N) is 2. The van der Waals surface area contributed by atoms with Gasteiger partial charge < -0.3 is 0 Å². The van der Waals surface area contributed by atoms with Crippen LogP contribution in [-0.2, 0) is 16.2 Å². The molecule has 0 saturated heterocycles. The summed E-state index contributed by atoms with van der Waals surface area (Å²) in [5.41, 5.74) is -1.04. The highest BCUT2D eigenvalue weighted by Gasteiger charge is 2.33. The third-order valence-electron chi connectivity index (χ3n) is 2.57. The predicted molar refractivity (Wildman–Crippen MR) is 66.1 cm³/mol. The van der Waals surface area contributed by atoms with Crippen LogP contribution in [0, 0.1) is 11.3 Å². The minimum atomic E-state index is -4.62. The number of benzene rings is 1. The van der Waals surface area contributed by atoms with Gasteiger partial charge in [-0.2, -0.15) is 22.7 Å². The van der Waals surface area contributed by atoms with Crippen molar-refractivity contribution in [1.82, 2.24) is 4.31 Å². The molecule has 0 N–H and O–H groups in total. The minimum Gasteiger partial charge on any atom is -0.207 e. The van der Waals surface area contributed by atoms with Crippen LogP contribution in [0.3, 0.4) is 0 Å². The molecule has 0 aliphatic heterocycles. The molecule has 1 rings (SSSR count). The Morgan fingerprint density at radius 1 is 1.35 bits per heavy atom. The van der Waals surface area contributed by atoms with Gasteiger partial charge in [0, 0.05) is 6.04 Å². The summed E-state index contributed by atoms with van der Waals surface area (Å²) in [6.45, 7) is 2.67. The largest absolute Gasteiger partial charge is 0.416 e. The van der Waals surface area contributed by atoms with Gasteiger partial charge in [0.1, 0.15) is 6.54 Å². The van der Waals surface area contributed by atoms with Crippen LogP contribution >= 0.6 is 0 Å². The summed E-state index contributed by atoms with van der Waals surface area (Å²) < 4.78 is 63.2. The van der Waals surface area contributed by atoms with Gasteiger partial charge in [-0.05, 0) is 32.0 Å². The van der Waals surface area contributed by atoms with Crippen LogP contribution in [0.15, 0.2) is 29.2 Å². The molecule has 0 aromatic heterocycles.